The van der Waals surface area contributed by atoms with E-state index in [1.807, 2.05) is 18.2 Å². The van der Waals surface area contributed by atoms with Gasteiger partial charge in [0.05, 0.1) is 5.69 Å². The maximum Gasteiger partial charge on any atom is 0.134 e. The third kappa shape index (κ3) is 3.18. The lowest BCUT2D eigenvalue weighted by Crippen LogP contribution is -2.08. The van der Waals surface area contributed by atoms with Crippen molar-refractivity contribution in [2.45, 2.75) is 39.0 Å². The molecular weight excluding hydrogens is 282 g/mol. The van der Waals surface area contributed by atoms with E-state index in [4.69, 9.17) is 21.6 Å². The Morgan fingerprint density at radius 2 is 2.10 bits per heavy atom. The second-order valence-corrected chi connectivity index (χ2v) is 6.05. The molecule has 2 aromatic rings. The summed E-state index contributed by atoms with van der Waals surface area (Å²) in [5.74, 6) is 2.46. The summed E-state index contributed by atoms with van der Waals surface area (Å²) in [4.78, 5) is 9.53. The van der Waals surface area contributed by atoms with E-state index >= 15 is 0 Å². The van der Waals surface area contributed by atoms with Gasteiger partial charge >= 0.3 is 0 Å². The first kappa shape index (κ1) is 14.3. The average molecular weight is 302 g/mol. The Morgan fingerprint density at radius 3 is 2.76 bits per heavy atom. The second kappa shape index (κ2) is 6.02. The molecule has 0 spiro atoms. The summed E-state index contributed by atoms with van der Waals surface area (Å²) in [6, 6.07) is 7.88. The molecular formula is C17H20ClN3. The van der Waals surface area contributed by atoms with Crippen LogP contribution < -0.4 is 5.32 Å². The van der Waals surface area contributed by atoms with Gasteiger partial charge in [0.2, 0.25) is 0 Å². The number of halogens is 1. The van der Waals surface area contributed by atoms with Gasteiger partial charge in [-0.2, -0.15) is 0 Å². The molecule has 1 aliphatic carbocycles. The lowest BCUT2D eigenvalue weighted by atomic mass is 10.1. The normalized spacial score (nSPS) is 14.2. The van der Waals surface area contributed by atoms with Gasteiger partial charge in [-0.25, -0.2) is 9.97 Å². The SMILES string of the molecule is CCCNc1nc(C2CC2)nc(-c2cccc(Cl)c2)c1C. The molecule has 110 valence electrons. The van der Waals surface area contributed by atoms with Gasteiger partial charge in [-0.1, -0.05) is 30.7 Å². The molecule has 1 N–H and O–H groups in total. The highest BCUT2D eigenvalue weighted by atomic mass is 35.5. The quantitative estimate of drug-likeness (QED) is 0.861. The maximum absolute atomic E-state index is 6.13. The summed E-state index contributed by atoms with van der Waals surface area (Å²) in [6.07, 6.45) is 3.48. The summed E-state index contributed by atoms with van der Waals surface area (Å²) in [5.41, 5.74) is 3.15. The highest BCUT2D eigenvalue weighted by Crippen LogP contribution is 2.40. The molecule has 0 unspecified atom stereocenters. The Kier molecular flexibility index (Phi) is 4.11. The third-order valence-electron chi connectivity index (χ3n) is 3.75. The molecule has 3 rings (SSSR count). The monoisotopic (exact) mass is 301 g/mol. The number of nitrogens with one attached hydrogen (secondary N) is 1. The van der Waals surface area contributed by atoms with Gasteiger partial charge in [0.1, 0.15) is 11.6 Å². The van der Waals surface area contributed by atoms with Crippen molar-refractivity contribution >= 4 is 17.4 Å². The van der Waals surface area contributed by atoms with Crippen LogP contribution in [0, 0.1) is 6.92 Å². The molecule has 0 atom stereocenters. The van der Waals surface area contributed by atoms with E-state index in [0.717, 1.165) is 46.5 Å². The van der Waals surface area contributed by atoms with Crippen molar-refractivity contribution in [2.75, 3.05) is 11.9 Å². The molecule has 1 aliphatic rings. The highest BCUT2D eigenvalue weighted by molar-refractivity contribution is 6.30. The van der Waals surface area contributed by atoms with Gasteiger partial charge < -0.3 is 5.32 Å². The van der Waals surface area contributed by atoms with Crippen LogP contribution in [0.1, 0.15) is 43.5 Å². The van der Waals surface area contributed by atoms with Gasteiger partial charge in [0.25, 0.3) is 0 Å². The minimum atomic E-state index is 0.533. The van der Waals surface area contributed by atoms with E-state index in [9.17, 15) is 0 Å². The standard InChI is InChI=1S/C17H20ClN3/c1-3-9-19-16-11(2)15(13-5-4-6-14(18)10-13)20-17(21-16)12-7-8-12/h4-6,10,12H,3,7-9H2,1-2H3,(H,19,20,21). The molecule has 3 nitrogen and oxygen atoms in total. The average Bonchev–Trinajstić information content (AvgIpc) is 3.31. The second-order valence-electron chi connectivity index (χ2n) is 5.62. The van der Waals surface area contributed by atoms with Crippen LogP contribution in [0.3, 0.4) is 0 Å². The van der Waals surface area contributed by atoms with Crippen LogP contribution in [0.15, 0.2) is 24.3 Å². The minimum absolute atomic E-state index is 0.533. The van der Waals surface area contributed by atoms with E-state index in [2.05, 4.69) is 25.2 Å². The zero-order valence-corrected chi connectivity index (χ0v) is 13.2. The summed E-state index contributed by atoms with van der Waals surface area (Å²) in [7, 11) is 0. The van der Waals surface area contributed by atoms with E-state index in [-0.39, 0.29) is 0 Å². The molecule has 1 fully saturated rings. The zero-order valence-electron chi connectivity index (χ0n) is 12.5. The molecule has 1 saturated carbocycles. The first-order valence-corrected chi connectivity index (χ1v) is 7.95. The van der Waals surface area contributed by atoms with Crippen molar-refractivity contribution in [1.82, 2.24) is 9.97 Å². The molecule has 4 heteroatoms. The van der Waals surface area contributed by atoms with E-state index in [1.54, 1.807) is 0 Å². The topological polar surface area (TPSA) is 37.8 Å². The Hall–Kier alpha value is -1.61. The van der Waals surface area contributed by atoms with Crippen molar-refractivity contribution in [2.24, 2.45) is 0 Å². The number of nitrogens with zero attached hydrogens (tertiary/aromatic N) is 2. The van der Waals surface area contributed by atoms with Crippen molar-refractivity contribution in [3.05, 3.63) is 40.7 Å². The smallest absolute Gasteiger partial charge is 0.134 e. The third-order valence-corrected chi connectivity index (χ3v) is 3.98. The molecule has 1 heterocycles. The number of aromatic nitrogens is 2. The Morgan fingerprint density at radius 1 is 1.29 bits per heavy atom. The fraction of sp³-hybridized carbons (Fsp3) is 0.412. The summed E-state index contributed by atoms with van der Waals surface area (Å²) in [6.45, 7) is 5.16. The maximum atomic E-state index is 6.13. The fourth-order valence-corrected chi connectivity index (χ4v) is 2.58. The van der Waals surface area contributed by atoms with Crippen LogP contribution in [0.2, 0.25) is 5.02 Å². The van der Waals surface area contributed by atoms with Crippen molar-refractivity contribution in [3.63, 3.8) is 0 Å². The van der Waals surface area contributed by atoms with Crippen LogP contribution >= 0.6 is 11.6 Å². The van der Waals surface area contributed by atoms with Crippen LogP contribution in [0.4, 0.5) is 5.82 Å². The zero-order chi connectivity index (χ0) is 14.8. The largest absolute Gasteiger partial charge is 0.370 e. The first-order valence-electron chi connectivity index (χ1n) is 7.57. The van der Waals surface area contributed by atoms with Crippen molar-refractivity contribution < 1.29 is 0 Å². The van der Waals surface area contributed by atoms with E-state index in [0.29, 0.717) is 5.92 Å². The van der Waals surface area contributed by atoms with Crippen molar-refractivity contribution in [3.8, 4) is 11.3 Å². The number of benzene rings is 1. The molecule has 0 bridgehead atoms. The molecule has 1 aromatic carbocycles. The van der Waals surface area contributed by atoms with Gasteiger partial charge in [-0.3, -0.25) is 0 Å². The molecule has 0 saturated heterocycles. The fourth-order valence-electron chi connectivity index (χ4n) is 2.39. The molecule has 21 heavy (non-hydrogen) atoms. The lowest BCUT2D eigenvalue weighted by molar-refractivity contribution is 0.902. The minimum Gasteiger partial charge on any atom is -0.370 e. The molecule has 1 aromatic heterocycles. The molecule has 0 radical (unpaired) electrons. The van der Waals surface area contributed by atoms with Crippen molar-refractivity contribution in [1.29, 1.82) is 0 Å². The lowest BCUT2D eigenvalue weighted by Gasteiger charge is -2.14. The van der Waals surface area contributed by atoms with Crippen LogP contribution in [-0.4, -0.2) is 16.5 Å². The van der Waals surface area contributed by atoms with E-state index < -0.39 is 0 Å². The molecule has 0 aliphatic heterocycles. The van der Waals surface area contributed by atoms with Crippen LogP contribution in [-0.2, 0) is 0 Å². The summed E-state index contributed by atoms with van der Waals surface area (Å²) < 4.78 is 0. The highest BCUT2D eigenvalue weighted by Gasteiger charge is 2.28. The number of rotatable bonds is 5. The van der Waals surface area contributed by atoms with Gasteiger partial charge in [-0.15, -0.1) is 0 Å². The Labute approximate surface area is 130 Å². The number of hydrogen-bond donors (Lipinski definition) is 1. The Balaban J connectivity index is 2.07. The summed E-state index contributed by atoms with van der Waals surface area (Å²) in [5, 5.41) is 4.16. The van der Waals surface area contributed by atoms with Gasteiger partial charge in [0.15, 0.2) is 0 Å². The molecule has 0 amide bonds. The van der Waals surface area contributed by atoms with Gasteiger partial charge in [0, 0.05) is 28.6 Å². The Bertz CT molecular complexity index is 650. The van der Waals surface area contributed by atoms with Gasteiger partial charge in [-0.05, 0) is 38.3 Å². The number of anilines is 1. The summed E-state index contributed by atoms with van der Waals surface area (Å²) >= 11 is 6.13. The predicted octanol–water partition coefficient (Wildman–Crippen LogP) is 4.80. The van der Waals surface area contributed by atoms with Crippen LogP contribution in [0.5, 0.6) is 0 Å². The predicted molar refractivity (Wildman–Crippen MR) is 88.0 cm³/mol. The number of hydrogen-bond acceptors (Lipinski definition) is 3. The van der Waals surface area contributed by atoms with E-state index in [1.165, 1.54) is 12.8 Å². The van der Waals surface area contributed by atoms with Crippen LogP contribution in [0.25, 0.3) is 11.3 Å². The first-order chi connectivity index (χ1) is 10.2.